The highest BCUT2D eigenvalue weighted by Crippen LogP contribution is 2.10. The molecule has 0 aliphatic heterocycles. The number of rotatable bonds is 4. The Morgan fingerprint density at radius 1 is 1.33 bits per heavy atom. The van der Waals surface area contributed by atoms with Gasteiger partial charge in [-0.3, -0.25) is 4.79 Å². The fraction of sp³-hybridized carbons (Fsp3) is 0.333. The predicted molar refractivity (Wildman–Crippen MR) is 71.9 cm³/mol. The number of carbonyl (C=O) groups excluding carboxylic acids is 2. The standard InChI is InChI=1S/C12H16N2O3.ClH/c1-3-10(13)11(15)14-9-6-4-8(5-7-9)12(16)17-2;/h4-7,10H,3,13H2,1-2H3,(H,14,15);1H/t10-;/m0./s1. The van der Waals surface area contributed by atoms with Crippen LogP contribution in [0.2, 0.25) is 0 Å². The van der Waals surface area contributed by atoms with Crippen molar-refractivity contribution in [1.82, 2.24) is 0 Å². The SMILES string of the molecule is CC[C@H](N)C(=O)Nc1ccc(C(=O)OC)cc1.Cl. The molecule has 0 aromatic heterocycles. The van der Waals surface area contributed by atoms with Crippen LogP contribution in [0.4, 0.5) is 5.69 Å². The lowest BCUT2D eigenvalue weighted by molar-refractivity contribution is -0.117. The van der Waals surface area contributed by atoms with Gasteiger partial charge >= 0.3 is 5.97 Å². The maximum atomic E-state index is 11.5. The van der Waals surface area contributed by atoms with E-state index < -0.39 is 12.0 Å². The lowest BCUT2D eigenvalue weighted by Gasteiger charge is -2.10. The van der Waals surface area contributed by atoms with Gasteiger partial charge in [-0.25, -0.2) is 4.79 Å². The highest BCUT2D eigenvalue weighted by molar-refractivity contribution is 5.95. The van der Waals surface area contributed by atoms with E-state index in [1.165, 1.54) is 7.11 Å². The number of amides is 1. The summed E-state index contributed by atoms with van der Waals surface area (Å²) in [6.45, 7) is 1.84. The second kappa shape index (κ2) is 7.68. The largest absolute Gasteiger partial charge is 0.465 e. The summed E-state index contributed by atoms with van der Waals surface area (Å²) in [5, 5.41) is 2.66. The van der Waals surface area contributed by atoms with Gasteiger partial charge in [0.25, 0.3) is 0 Å². The molecule has 0 radical (unpaired) electrons. The summed E-state index contributed by atoms with van der Waals surface area (Å²) in [4.78, 5) is 22.7. The van der Waals surface area contributed by atoms with E-state index in [4.69, 9.17) is 5.73 Å². The van der Waals surface area contributed by atoms with Crippen LogP contribution in [0, 0.1) is 0 Å². The first-order chi connectivity index (χ1) is 8.08. The molecule has 100 valence electrons. The molecule has 1 aromatic rings. The summed E-state index contributed by atoms with van der Waals surface area (Å²) >= 11 is 0. The number of nitrogens with one attached hydrogen (secondary N) is 1. The first kappa shape index (κ1) is 16.4. The number of halogens is 1. The van der Waals surface area contributed by atoms with E-state index in [0.717, 1.165) is 0 Å². The maximum absolute atomic E-state index is 11.5. The lowest BCUT2D eigenvalue weighted by atomic mass is 10.2. The Bertz CT molecular complexity index is 406. The average Bonchev–Trinajstić information content (AvgIpc) is 2.37. The van der Waals surface area contributed by atoms with Crippen molar-refractivity contribution < 1.29 is 14.3 Å². The van der Waals surface area contributed by atoms with E-state index in [0.29, 0.717) is 17.7 Å². The molecule has 0 heterocycles. The van der Waals surface area contributed by atoms with Crippen LogP contribution in [0.5, 0.6) is 0 Å². The van der Waals surface area contributed by atoms with Crippen molar-refractivity contribution in [3.05, 3.63) is 29.8 Å². The average molecular weight is 273 g/mol. The smallest absolute Gasteiger partial charge is 0.337 e. The normalized spacial score (nSPS) is 11.1. The summed E-state index contributed by atoms with van der Waals surface area (Å²) in [5.41, 5.74) is 6.62. The molecule has 1 aromatic carbocycles. The molecule has 0 unspecified atom stereocenters. The van der Waals surface area contributed by atoms with Crippen LogP contribution in [-0.4, -0.2) is 25.0 Å². The van der Waals surface area contributed by atoms with Gasteiger partial charge in [0, 0.05) is 5.69 Å². The quantitative estimate of drug-likeness (QED) is 0.815. The van der Waals surface area contributed by atoms with Crippen LogP contribution in [0.1, 0.15) is 23.7 Å². The van der Waals surface area contributed by atoms with Gasteiger partial charge in [0.15, 0.2) is 0 Å². The third-order valence-electron chi connectivity index (χ3n) is 2.35. The Balaban J connectivity index is 0.00000289. The highest BCUT2D eigenvalue weighted by atomic mass is 35.5. The van der Waals surface area contributed by atoms with Gasteiger partial charge in [0.1, 0.15) is 0 Å². The van der Waals surface area contributed by atoms with E-state index in [2.05, 4.69) is 10.1 Å². The van der Waals surface area contributed by atoms with Crippen LogP contribution < -0.4 is 11.1 Å². The molecule has 1 amide bonds. The molecule has 5 nitrogen and oxygen atoms in total. The van der Waals surface area contributed by atoms with Crippen molar-refractivity contribution in [3.63, 3.8) is 0 Å². The van der Waals surface area contributed by atoms with Gasteiger partial charge < -0.3 is 15.8 Å². The molecule has 0 saturated carbocycles. The van der Waals surface area contributed by atoms with Crippen LogP contribution in [0.3, 0.4) is 0 Å². The third-order valence-corrected chi connectivity index (χ3v) is 2.35. The Hall–Kier alpha value is -1.59. The number of nitrogens with two attached hydrogens (primary N) is 1. The van der Waals surface area contributed by atoms with Crippen molar-refractivity contribution in [2.45, 2.75) is 19.4 Å². The van der Waals surface area contributed by atoms with E-state index in [-0.39, 0.29) is 18.3 Å². The van der Waals surface area contributed by atoms with E-state index in [1.807, 2.05) is 6.92 Å². The van der Waals surface area contributed by atoms with Crippen molar-refractivity contribution in [2.75, 3.05) is 12.4 Å². The molecular formula is C12H17ClN2O3. The molecule has 1 atom stereocenters. The zero-order chi connectivity index (χ0) is 12.8. The Kier molecular flexibility index (Phi) is 7.00. The maximum Gasteiger partial charge on any atom is 0.337 e. The summed E-state index contributed by atoms with van der Waals surface area (Å²) in [5.74, 6) is -0.647. The lowest BCUT2D eigenvalue weighted by Crippen LogP contribution is -2.34. The van der Waals surface area contributed by atoms with Crippen LogP contribution >= 0.6 is 12.4 Å². The fourth-order valence-corrected chi connectivity index (χ4v) is 1.23. The van der Waals surface area contributed by atoms with Gasteiger partial charge in [0.05, 0.1) is 18.7 Å². The summed E-state index contributed by atoms with van der Waals surface area (Å²) in [6.07, 6.45) is 0.575. The Morgan fingerprint density at radius 2 is 1.89 bits per heavy atom. The van der Waals surface area contributed by atoms with E-state index >= 15 is 0 Å². The van der Waals surface area contributed by atoms with Crippen molar-refractivity contribution in [3.8, 4) is 0 Å². The number of esters is 1. The monoisotopic (exact) mass is 272 g/mol. The van der Waals surface area contributed by atoms with E-state index in [1.54, 1.807) is 24.3 Å². The van der Waals surface area contributed by atoms with Gasteiger partial charge in [-0.2, -0.15) is 0 Å². The second-order valence-electron chi connectivity index (χ2n) is 3.57. The summed E-state index contributed by atoms with van der Waals surface area (Å²) < 4.78 is 4.57. The fourth-order valence-electron chi connectivity index (χ4n) is 1.23. The molecule has 6 heteroatoms. The van der Waals surface area contributed by atoms with E-state index in [9.17, 15) is 9.59 Å². The van der Waals surface area contributed by atoms with Gasteiger partial charge in [-0.1, -0.05) is 6.92 Å². The minimum Gasteiger partial charge on any atom is -0.465 e. The molecule has 0 aliphatic rings. The zero-order valence-corrected chi connectivity index (χ0v) is 11.1. The van der Waals surface area contributed by atoms with Gasteiger partial charge in [-0.05, 0) is 30.7 Å². The number of ether oxygens (including phenoxy) is 1. The first-order valence-corrected chi connectivity index (χ1v) is 5.33. The highest BCUT2D eigenvalue weighted by Gasteiger charge is 2.11. The molecule has 0 bridgehead atoms. The minimum absolute atomic E-state index is 0. The number of hydrogen-bond donors (Lipinski definition) is 2. The molecule has 0 fully saturated rings. The third kappa shape index (κ3) is 4.35. The number of carbonyl (C=O) groups is 2. The first-order valence-electron chi connectivity index (χ1n) is 5.33. The molecule has 0 saturated heterocycles. The predicted octanol–water partition coefficient (Wildman–Crippen LogP) is 1.57. The number of methoxy groups -OCH3 is 1. The van der Waals surface area contributed by atoms with Crippen LogP contribution in [-0.2, 0) is 9.53 Å². The molecule has 1 rings (SSSR count). The van der Waals surface area contributed by atoms with Crippen molar-refractivity contribution in [1.29, 1.82) is 0 Å². The summed E-state index contributed by atoms with van der Waals surface area (Å²) in [7, 11) is 1.32. The topological polar surface area (TPSA) is 81.4 Å². The van der Waals surface area contributed by atoms with Crippen LogP contribution in [0.25, 0.3) is 0 Å². The number of benzene rings is 1. The summed E-state index contributed by atoms with van der Waals surface area (Å²) in [6, 6.07) is 5.91. The molecule has 3 N–H and O–H groups in total. The van der Waals surface area contributed by atoms with Crippen molar-refractivity contribution in [2.24, 2.45) is 5.73 Å². The number of anilines is 1. The molecule has 0 spiro atoms. The minimum atomic E-state index is -0.518. The Morgan fingerprint density at radius 3 is 2.33 bits per heavy atom. The van der Waals surface area contributed by atoms with Crippen molar-refractivity contribution >= 4 is 30.0 Å². The second-order valence-corrected chi connectivity index (χ2v) is 3.57. The van der Waals surface area contributed by atoms with Gasteiger partial charge in [-0.15, -0.1) is 12.4 Å². The van der Waals surface area contributed by atoms with Crippen LogP contribution in [0.15, 0.2) is 24.3 Å². The molecule has 18 heavy (non-hydrogen) atoms. The van der Waals surface area contributed by atoms with Gasteiger partial charge in [0.2, 0.25) is 5.91 Å². The Labute approximate surface area is 112 Å². The molecular weight excluding hydrogens is 256 g/mol. The molecule has 0 aliphatic carbocycles. The zero-order valence-electron chi connectivity index (χ0n) is 10.3. The number of hydrogen-bond acceptors (Lipinski definition) is 4.